The lowest BCUT2D eigenvalue weighted by atomic mass is 9.99. The second-order valence-corrected chi connectivity index (χ2v) is 11.4. The van der Waals surface area contributed by atoms with E-state index in [1.807, 2.05) is 28.8 Å². The molecule has 192 valence electrons. The summed E-state index contributed by atoms with van der Waals surface area (Å²) in [6.45, 7) is 9.10. The molecule has 8 heteroatoms. The zero-order valence-corrected chi connectivity index (χ0v) is 22.4. The van der Waals surface area contributed by atoms with E-state index in [0.717, 1.165) is 41.4 Å². The quantitative estimate of drug-likeness (QED) is 0.461. The van der Waals surface area contributed by atoms with Crippen LogP contribution < -0.4 is 9.47 Å². The molecule has 2 aliphatic rings. The maximum absolute atomic E-state index is 13.1. The van der Waals surface area contributed by atoms with Gasteiger partial charge in [-0.3, -0.25) is 9.48 Å². The van der Waals surface area contributed by atoms with Gasteiger partial charge in [0.2, 0.25) is 5.91 Å². The fourth-order valence-electron chi connectivity index (χ4n) is 5.11. The first-order chi connectivity index (χ1) is 17.4. The summed E-state index contributed by atoms with van der Waals surface area (Å²) < 4.78 is 14.5. The van der Waals surface area contributed by atoms with Crippen LogP contribution in [0.4, 0.5) is 0 Å². The highest BCUT2D eigenvalue weighted by atomic mass is 32.1. The minimum atomic E-state index is 0.115. The summed E-state index contributed by atoms with van der Waals surface area (Å²) in [5.41, 5.74) is 3.09. The lowest BCUT2D eigenvalue weighted by molar-refractivity contribution is -0.132. The average molecular weight is 509 g/mol. The summed E-state index contributed by atoms with van der Waals surface area (Å²) in [4.78, 5) is 19.9. The molecule has 2 aromatic heterocycles. The van der Waals surface area contributed by atoms with E-state index in [1.165, 1.54) is 22.6 Å². The largest absolute Gasteiger partial charge is 0.489 e. The van der Waals surface area contributed by atoms with Crippen LogP contribution in [-0.4, -0.2) is 65.4 Å². The van der Waals surface area contributed by atoms with E-state index < -0.39 is 0 Å². The molecular weight excluding hydrogens is 472 g/mol. The van der Waals surface area contributed by atoms with Gasteiger partial charge in [0.25, 0.3) is 0 Å². The van der Waals surface area contributed by atoms with Crippen LogP contribution in [0.5, 0.6) is 11.5 Å². The molecule has 1 saturated heterocycles. The van der Waals surface area contributed by atoms with Crippen molar-refractivity contribution in [1.82, 2.24) is 19.6 Å². The molecule has 4 heterocycles. The zero-order chi connectivity index (χ0) is 25.1. The first kappa shape index (κ1) is 24.8. The number of piperidine rings is 1. The fourth-order valence-corrected chi connectivity index (χ4v) is 5.96. The second-order valence-electron chi connectivity index (χ2n) is 10.1. The van der Waals surface area contributed by atoms with Crippen LogP contribution in [0.2, 0.25) is 0 Å². The number of aromatic nitrogens is 2. The third-order valence-electron chi connectivity index (χ3n) is 7.00. The maximum Gasteiger partial charge on any atom is 0.224 e. The number of rotatable bonds is 7. The highest BCUT2D eigenvalue weighted by molar-refractivity contribution is 7.15. The number of thiophene rings is 1. The van der Waals surface area contributed by atoms with Crippen LogP contribution in [0.15, 0.2) is 36.5 Å². The van der Waals surface area contributed by atoms with Crippen LogP contribution >= 0.6 is 11.3 Å². The molecule has 0 bridgehead atoms. The standard InChI is InChI=1S/C28H36N4O3S/c1-20-8-11-32(29-20)12-9-27(33)31-13-14-34-28-24(18-31)15-23(26-7-6-21(2)36-26)16-25(28)35-19-22-5-4-10-30(3)17-22/h6-8,11,15-16,22H,4-5,9-10,12-14,17-19H2,1-3H3. The fraction of sp³-hybridized carbons (Fsp3) is 0.500. The van der Waals surface area contributed by atoms with Gasteiger partial charge in [-0.1, -0.05) is 0 Å². The molecule has 1 unspecified atom stereocenters. The highest BCUT2D eigenvalue weighted by Gasteiger charge is 2.25. The van der Waals surface area contributed by atoms with Crippen molar-refractivity contribution < 1.29 is 14.3 Å². The number of hydrogen-bond donors (Lipinski definition) is 0. The third kappa shape index (κ3) is 5.93. The van der Waals surface area contributed by atoms with Gasteiger partial charge in [0.15, 0.2) is 11.5 Å². The lowest BCUT2D eigenvalue weighted by Crippen LogP contribution is -2.34. The van der Waals surface area contributed by atoms with Crippen LogP contribution in [-0.2, 0) is 17.9 Å². The van der Waals surface area contributed by atoms with E-state index in [9.17, 15) is 4.79 Å². The Morgan fingerprint density at radius 3 is 2.86 bits per heavy atom. The number of carbonyl (C=O) groups excluding carboxylic acids is 1. The highest BCUT2D eigenvalue weighted by Crippen LogP contribution is 2.40. The van der Waals surface area contributed by atoms with E-state index in [4.69, 9.17) is 9.47 Å². The number of hydrogen-bond acceptors (Lipinski definition) is 6. The predicted molar refractivity (Wildman–Crippen MR) is 143 cm³/mol. The van der Waals surface area contributed by atoms with Gasteiger partial charge in [0.1, 0.15) is 6.61 Å². The molecule has 5 rings (SSSR count). The Kier molecular flexibility index (Phi) is 7.62. The monoisotopic (exact) mass is 508 g/mol. The molecule has 1 atom stereocenters. The normalized spacial score (nSPS) is 18.4. The Morgan fingerprint density at radius 2 is 2.11 bits per heavy atom. The Labute approximate surface area is 217 Å². The zero-order valence-electron chi connectivity index (χ0n) is 21.5. The first-order valence-corrected chi connectivity index (χ1v) is 13.7. The molecule has 1 aromatic carbocycles. The summed E-state index contributed by atoms with van der Waals surface area (Å²) >= 11 is 1.77. The van der Waals surface area contributed by atoms with E-state index >= 15 is 0 Å². The van der Waals surface area contributed by atoms with Crippen molar-refractivity contribution in [2.75, 3.05) is 39.9 Å². The smallest absolute Gasteiger partial charge is 0.224 e. The second kappa shape index (κ2) is 11.0. The Hall–Kier alpha value is -2.84. The number of likely N-dealkylation sites (tertiary alicyclic amines) is 1. The molecule has 0 saturated carbocycles. The Morgan fingerprint density at radius 1 is 1.22 bits per heavy atom. The van der Waals surface area contributed by atoms with Gasteiger partial charge >= 0.3 is 0 Å². The first-order valence-electron chi connectivity index (χ1n) is 12.9. The molecule has 0 aliphatic carbocycles. The van der Waals surface area contributed by atoms with Crippen LogP contribution in [0.25, 0.3) is 10.4 Å². The number of amides is 1. The van der Waals surface area contributed by atoms with Gasteiger partial charge < -0.3 is 19.3 Å². The van der Waals surface area contributed by atoms with Gasteiger partial charge in [0.05, 0.1) is 18.8 Å². The third-order valence-corrected chi connectivity index (χ3v) is 8.05. The molecule has 7 nitrogen and oxygen atoms in total. The molecule has 0 radical (unpaired) electrons. The van der Waals surface area contributed by atoms with Crippen LogP contribution in [0, 0.1) is 19.8 Å². The van der Waals surface area contributed by atoms with Crippen LogP contribution in [0.1, 0.15) is 35.4 Å². The molecular formula is C28H36N4O3S. The summed E-state index contributed by atoms with van der Waals surface area (Å²) in [5.74, 6) is 2.21. The van der Waals surface area contributed by atoms with Crippen molar-refractivity contribution >= 4 is 17.2 Å². The molecule has 1 fully saturated rings. The van der Waals surface area contributed by atoms with E-state index in [2.05, 4.69) is 48.2 Å². The van der Waals surface area contributed by atoms with Gasteiger partial charge in [-0.2, -0.15) is 5.10 Å². The van der Waals surface area contributed by atoms with Crippen molar-refractivity contribution in [2.45, 2.75) is 46.2 Å². The summed E-state index contributed by atoms with van der Waals surface area (Å²) in [6, 6.07) is 10.6. The SMILES string of the molecule is Cc1ccn(CCC(=O)N2CCOc3c(cc(-c4ccc(C)s4)cc3OCC3CCCN(C)C3)C2)n1. The topological polar surface area (TPSA) is 59.8 Å². The number of carbonyl (C=O) groups is 1. The summed E-state index contributed by atoms with van der Waals surface area (Å²) in [5, 5.41) is 4.41. The molecule has 1 amide bonds. The van der Waals surface area contributed by atoms with Gasteiger partial charge in [-0.25, -0.2) is 0 Å². The van der Waals surface area contributed by atoms with Gasteiger partial charge in [-0.05, 0) is 76.2 Å². The van der Waals surface area contributed by atoms with E-state index in [1.54, 1.807) is 11.3 Å². The Balaban J connectivity index is 1.36. The Bertz CT molecular complexity index is 1200. The van der Waals surface area contributed by atoms with Crippen LogP contribution in [0.3, 0.4) is 0 Å². The lowest BCUT2D eigenvalue weighted by Gasteiger charge is -2.29. The van der Waals surface area contributed by atoms with Crippen molar-refractivity contribution in [1.29, 1.82) is 0 Å². The maximum atomic E-state index is 13.1. The molecule has 3 aromatic rings. The number of ether oxygens (including phenoxy) is 2. The average Bonchev–Trinajstić information content (AvgIpc) is 3.42. The molecule has 36 heavy (non-hydrogen) atoms. The number of aryl methyl sites for hydroxylation is 3. The van der Waals surface area contributed by atoms with Crippen molar-refractivity contribution in [2.24, 2.45) is 5.92 Å². The van der Waals surface area contributed by atoms with E-state index in [-0.39, 0.29) is 5.91 Å². The predicted octanol–water partition coefficient (Wildman–Crippen LogP) is 4.76. The minimum absolute atomic E-state index is 0.115. The number of benzene rings is 1. The summed E-state index contributed by atoms with van der Waals surface area (Å²) in [6.07, 6.45) is 4.74. The van der Waals surface area contributed by atoms with Gasteiger partial charge in [-0.15, -0.1) is 11.3 Å². The number of nitrogens with zero attached hydrogens (tertiary/aromatic N) is 4. The molecule has 0 spiro atoms. The van der Waals surface area contributed by atoms with E-state index in [0.29, 0.717) is 45.2 Å². The number of fused-ring (bicyclic) bond motifs is 1. The van der Waals surface area contributed by atoms with Crippen molar-refractivity contribution in [3.8, 4) is 21.9 Å². The molecule has 2 aliphatic heterocycles. The van der Waals surface area contributed by atoms with Gasteiger partial charge in [0, 0.05) is 53.5 Å². The summed E-state index contributed by atoms with van der Waals surface area (Å²) in [7, 11) is 2.18. The molecule has 0 N–H and O–H groups in total. The van der Waals surface area contributed by atoms with Crippen molar-refractivity contribution in [3.63, 3.8) is 0 Å². The van der Waals surface area contributed by atoms with Crippen molar-refractivity contribution in [3.05, 3.63) is 52.7 Å². The minimum Gasteiger partial charge on any atom is -0.489 e.